The van der Waals surface area contributed by atoms with Crippen LogP contribution in [0.3, 0.4) is 0 Å². The van der Waals surface area contributed by atoms with Crippen LogP contribution in [-0.4, -0.2) is 21.0 Å². The molecule has 0 radical (unpaired) electrons. The Bertz CT molecular complexity index is 1310. The zero-order chi connectivity index (χ0) is 24.1. The lowest BCUT2D eigenvalue weighted by Gasteiger charge is -2.14. The molecule has 2 N–H and O–H groups in total. The highest BCUT2D eigenvalue weighted by Gasteiger charge is 2.15. The topological polar surface area (TPSA) is 75.1 Å². The Balaban J connectivity index is 1.65. The van der Waals surface area contributed by atoms with E-state index in [0.29, 0.717) is 12.2 Å². The maximum atomic E-state index is 11.0. The van der Waals surface area contributed by atoms with E-state index in [4.69, 9.17) is 15.1 Å². The van der Waals surface area contributed by atoms with Gasteiger partial charge in [0.1, 0.15) is 5.82 Å². The molecule has 5 nitrogen and oxygen atoms in total. The predicted octanol–water partition coefficient (Wildman–Crippen LogP) is 6.84. The number of aliphatic carboxylic acids is 1. The Morgan fingerprint density at radius 1 is 1.00 bits per heavy atom. The lowest BCUT2D eigenvalue weighted by Crippen LogP contribution is -2.05. The van der Waals surface area contributed by atoms with Gasteiger partial charge in [0.25, 0.3) is 0 Å². The zero-order valence-electron chi connectivity index (χ0n) is 19.3. The van der Waals surface area contributed by atoms with Crippen molar-refractivity contribution in [1.29, 1.82) is 0 Å². The monoisotopic (exact) mass is 469 g/mol. The molecule has 2 heterocycles. The third kappa shape index (κ3) is 5.41. The van der Waals surface area contributed by atoms with E-state index in [1.165, 1.54) is 16.0 Å². The van der Waals surface area contributed by atoms with Gasteiger partial charge in [-0.2, -0.15) is 0 Å². The number of hydrogen-bond donors (Lipinski definition) is 2. The molecule has 0 aliphatic carbocycles. The summed E-state index contributed by atoms with van der Waals surface area (Å²) >= 11 is 1.67. The molecule has 0 fully saturated rings. The maximum Gasteiger partial charge on any atom is 0.307 e. The van der Waals surface area contributed by atoms with Crippen molar-refractivity contribution in [3.8, 4) is 21.1 Å². The van der Waals surface area contributed by atoms with Crippen LogP contribution in [0.4, 0.5) is 11.5 Å². The number of carboxylic acids is 1. The van der Waals surface area contributed by atoms with E-state index >= 15 is 0 Å². The summed E-state index contributed by atoms with van der Waals surface area (Å²) in [5, 5.41) is 12.4. The summed E-state index contributed by atoms with van der Waals surface area (Å²) in [5.41, 5.74) is 5.99. The number of benzene rings is 2. The number of nitrogens with one attached hydrogen (secondary N) is 1. The van der Waals surface area contributed by atoms with Crippen molar-refractivity contribution in [2.75, 3.05) is 5.32 Å². The quantitative estimate of drug-likeness (QED) is 0.262. The van der Waals surface area contributed by atoms with Gasteiger partial charge in [0, 0.05) is 21.8 Å². The Labute approximate surface area is 203 Å². The average molecular weight is 470 g/mol. The zero-order valence-corrected chi connectivity index (χ0v) is 20.2. The molecular weight excluding hydrogens is 442 g/mol. The van der Waals surface area contributed by atoms with Gasteiger partial charge in [0.15, 0.2) is 5.82 Å². The molecule has 0 unspecified atom stereocenters. The van der Waals surface area contributed by atoms with Gasteiger partial charge in [-0.25, -0.2) is 9.97 Å². The highest BCUT2D eigenvalue weighted by atomic mass is 32.1. The Hall–Kier alpha value is -3.77. The predicted molar refractivity (Wildman–Crippen MR) is 140 cm³/mol. The van der Waals surface area contributed by atoms with Crippen molar-refractivity contribution in [3.05, 3.63) is 95.7 Å². The second-order valence-corrected chi connectivity index (χ2v) is 9.14. The first-order chi connectivity index (χ1) is 16.5. The van der Waals surface area contributed by atoms with Crippen LogP contribution in [-0.2, 0) is 24.1 Å². The molecule has 0 aliphatic rings. The number of carboxylic acid groups (broad SMARTS) is 1. The van der Waals surface area contributed by atoms with Gasteiger partial charge in [-0.15, -0.1) is 17.9 Å². The smallest absolute Gasteiger partial charge is 0.307 e. The van der Waals surface area contributed by atoms with Crippen molar-refractivity contribution in [2.45, 2.75) is 33.1 Å². The first-order valence-electron chi connectivity index (χ1n) is 11.2. The van der Waals surface area contributed by atoms with Gasteiger partial charge in [-0.05, 0) is 60.7 Å². The summed E-state index contributed by atoms with van der Waals surface area (Å²) in [5.74, 6) is 0.564. The number of nitrogens with zero attached hydrogens (tertiary/aromatic N) is 2. The summed E-state index contributed by atoms with van der Waals surface area (Å²) in [7, 11) is 0. The molecule has 0 aliphatic heterocycles. The molecular formula is C28H27N3O2S. The van der Waals surface area contributed by atoms with Crippen LogP contribution < -0.4 is 5.32 Å². The second kappa shape index (κ2) is 10.4. The van der Waals surface area contributed by atoms with Crippen molar-refractivity contribution >= 4 is 28.8 Å². The molecule has 4 rings (SSSR count). The summed E-state index contributed by atoms with van der Waals surface area (Å²) in [6.07, 6.45) is 3.51. The van der Waals surface area contributed by atoms with Crippen molar-refractivity contribution in [2.24, 2.45) is 0 Å². The third-order valence-corrected chi connectivity index (χ3v) is 6.74. The van der Waals surface area contributed by atoms with Crippen molar-refractivity contribution in [3.63, 3.8) is 0 Å². The highest BCUT2D eigenvalue weighted by molar-refractivity contribution is 7.18. The molecule has 0 bridgehead atoms. The number of thiophene rings is 1. The van der Waals surface area contributed by atoms with Gasteiger partial charge >= 0.3 is 5.97 Å². The minimum atomic E-state index is -0.846. The molecule has 0 spiro atoms. The SMILES string of the molecule is C=CCc1c(C)nc(-c2ccc(-c3ccc(CC)cc3)s2)nc1Nc1ccc(CC(=O)O)cc1. The number of rotatable bonds is 9. The molecule has 0 saturated carbocycles. The first kappa shape index (κ1) is 23.4. The molecule has 6 heteroatoms. The van der Waals surface area contributed by atoms with E-state index in [1.54, 1.807) is 11.3 Å². The van der Waals surface area contributed by atoms with Crippen LogP contribution in [0.5, 0.6) is 0 Å². The van der Waals surface area contributed by atoms with Crippen LogP contribution >= 0.6 is 11.3 Å². The van der Waals surface area contributed by atoms with E-state index in [0.717, 1.165) is 39.6 Å². The molecule has 2 aromatic carbocycles. The first-order valence-corrected chi connectivity index (χ1v) is 12.0. The fraction of sp³-hybridized carbons (Fsp3) is 0.179. The standard InChI is InChI=1S/C28H27N3O2S/c1-4-6-23-18(3)29-28(25-16-15-24(34-25)21-11-7-19(5-2)8-12-21)31-27(23)30-22-13-9-20(10-14-22)17-26(32)33/h4,7-16H,1,5-6,17H2,2-3H3,(H,32,33)(H,29,30,31). The second-order valence-electron chi connectivity index (χ2n) is 8.06. The van der Waals surface area contributed by atoms with E-state index in [-0.39, 0.29) is 6.42 Å². The molecule has 0 amide bonds. The molecule has 34 heavy (non-hydrogen) atoms. The van der Waals surface area contributed by atoms with Crippen LogP contribution in [0, 0.1) is 6.92 Å². The molecule has 0 atom stereocenters. The minimum Gasteiger partial charge on any atom is -0.481 e. The lowest BCUT2D eigenvalue weighted by atomic mass is 10.1. The van der Waals surface area contributed by atoms with Crippen LogP contribution in [0.15, 0.2) is 73.3 Å². The Morgan fingerprint density at radius 2 is 1.68 bits per heavy atom. The number of allylic oxidation sites excluding steroid dienone is 1. The van der Waals surface area contributed by atoms with Crippen LogP contribution in [0.25, 0.3) is 21.1 Å². The Morgan fingerprint density at radius 3 is 2.32 bits per heavy atom. The van der Waals surface area contributed by atoms with Crippen LogP contribution in [0.2, 0.25) is 0 Å². The fourth-order valence-corrected chi connectivity index (χ4v) is 4.68. The summed E-state index contributed by atoms with van der Waals surface area (Å²) in [4.78, 5) is 22.8. The van der Waals surface area contributed by atoms with E-state index in [2.05, 4.69) is 55.2 Å². The average Bonchev–Trinajstić information content (AvgIpc) is 3.32. The molecule has 0 saturated heterocycles. The largest absolute Gasteiger partial charge is 0.481 e. The number of aryl methyl sites for hydroxylation is 2. The number of anilines is 2. The molecule has 2 aromatic heterocycles. The van der Waals surface area contributed by atoms with Gasteiger partial charge in [0.2, 0.25) is 0 Å². The van der Waals surface area contributed by atoms with Gasteiger partial charge in [0.05, 0.1) is 11.3 Å². The number of carbonyl (C=O) groups is 1. The third-order valence-electron chi connectivity index (χ3n) is 5.61. The highest BCUT2D eigenvalue weighted by Crippen LogP contribution is 2.35. The number of hydrogen-bond acceptors (Lipinski definition) is 5. The lowest BCUT2D eigenvalue weighted by molar-refractivity contribution is -0.136. The fourth-order valence-electron chi connectivity index (χ4n) is 3.73. The maximum absolute atomic E-state index is 11.0. The summed E-state index contributed by atoms with van der Waals surface area (Å²) in [6.45, 7) is 8.02. The number of aromatic nitrogens is 2. The van der Waals surface area contributed by atoms with Gasteiger partial charge in [-0.3, -0.25) is 4.79 Å². The van der Waals surface area contributed by atoms with Gasteiger partial charge in [-0.1, -0.05) is 49.4 Å². The molecule has 172 valence electrons. The molecule has 4 aromatic rings. The van der Waals surface area contributed by atoms with Crippen molar-refractivity contribution in [1.82, 2.24) is 9.97 Å². The Kier molecular flexibility index (Phi) is 7.18. The minimum absolute atomic E-state index is 0.000635. The van der Waals surface area contributed by atoms with E-state index in [1.807, 2.05) is 37.3 Å². The van der Waals surface area contributed by atoms with E-state index in [9.17, 15) is 4.79 Å². The van der Waals surface area contributed by atoms with Crippen molar-refractivity contribution < 1.29 is 9.90 Å². The van der Waals surface area contributed by atoms with Crippen LogP contribution in [0.1, 0.15) is 29.3 Å². The summed E-state index contributed by atoms with van der Waals surface area (Å²) < 4.78 is 0. The van der Waals surface area contributed by atoms with E-state index < -0.39 is 5.97 Å². The normalized spacial score (nSPS) is 10.8. The summed E-state index contributed by atoms with van der Waals surface area (Å²) in [6, 6.07) is 20.2. The van der Waals surface area contributed by atoms with Gasteiger partial charge < -0.3 is 10.4 Å².